The van der Waals surface area contributed by atoms with Gasteiger partial charge in [-0.2, -0.15) is 0 Å². The summed E-state index contributed by atoms with van der Waals surface area (Å²) < 4.78 is 0. The van der Waals surface area contributed by atoms with Gasteiger partial charge < -0.3 is 20.2 Å². The molecule has 22 heavy (non-hydrogen) atoms. The van der Waals surface area contributed by atoms with Crippen LogP contribution in [0.25, 0.3) is 0 Å². The van der Waals surface area contributed by atoms with Gasteiger partial charge in [-0.1, -0.05) is 17.7 Å². The smallest absolute Gasteiger partial charge is 0.0499 e. The van der Waals surface area contributed by atoms with Crippen molar-refractivity contribution >= 4 is 17.3 Å². The van der Waals surface area contributed by atoms with Gasteiger partial charge in [0.2, 0.25) is 0 Å². The lowest BCUT2D eigenvalue weighted by molar-refractivity contribution is 0.207. The Bertz CT molecular complexity index is 511. The third-order valence-corrected chi connectivity index (χ3v) is 5.39. The van der Waals surface area contributed by atoms with Crippen molar-refractivity contribution in [1.82, 2.24) is 10.2 Å². The Morgan fingerprint density at radius 1 is 1.23 bits per heavy atom. The number of hydrogen-bond donors (Lipinski definition) is 2. The van der Waals surface area contributed by atoms with Crippen LogP contribution < -0.4 is 10.2 Å². The van der Waals surface area contributed by atoms with Crippen LogP contribution in [0.5, 0.6) is 0 Å². The third-order valence-electron chi connectivity index (χ3n) is 5.03. The van der Waals surface area contributed by atoms with E-state index in [-0.39, 0.29) is 12.0 Å². The van der Waals surface area contributed by atoms with Crippen molar-refractivity contribution in [3.63, 3.8) is 0 Å². The molecule has 0 spiro atoms. The highest BCUT2D eigenvalue weighted by molar-refractivity contribution is 6.31. The average Bonchev–Trinajstić information content (AvgIpc) is 3.30. The molecule has 3 rings (SSSR count). The Hall–Kier alpha value is -0.810. The Morgan fingerprint density at radius 3 is 2.59 bits per heavy atom. The summed E-state index contributed by atoms with van der Waals surface area (Å²) in [6.07, 6.45) is 2.26. The van der Waals surface area contributed by atoms with Gasteiger partial charge in [-0.25, -0.2) is 0 Å². The van der Waals surface area contributed by atoms with Gasteiger partial charge in [0.1, 0.15) is 0 Å². The minimum atomic E-state index is 0.134. The van der Waals surface area contributed by atoms with Crippen LogP contribution in [0.4, 0.5) is 5.69 Å². The van der Waals surface area contributed by atoms with Gasteiger partial charge in [-0.3, -0.25) is 0 Å². The Morgan fingerprint density at radius 2 is 1.95 bits per heavy atom. The average molecular weight is 324 g/mol. The second kappa shape index (κ2) is 6.75. The van der Waals surface area contributed by atoms with Gasteiger partial charge in [0, 0.05) is 67.6 Å². The number of aliphatic hydroxyl groups excluding tert-OH is 1. The summed E-state index contributed by atoms with van der Waals surface area (Å²) in [6, 6.07) is 6.18. The second-order valence-corrected chi connectivity index (χ2v) is 7.20. The van der Waals surface area contributed by atoms with Gasteiger partial charge in [-0.15, -0.1) is 0 Å². The van der Waals surface area contributed by atoms with Crippen molar-refractivity contribution < 1.29 is 5.11 Å². The molecule has 1 saturated carbocycles. The number of nitrogens with one attached hydrogen (secondary N) is 1. The minimum Gasteiger partial charge on any atom is -0.396 e. The quantitative estimate of drug-likeness (QED) is 0.839. The molecular weight excluding hydrogens is 298 g/mol. The van der Waals surface area contributed by atoms with Gasteiger partial charge in [0.25, 0.3) is 0 Å². The summed E-state index contributed by atoms with van der Waals surface area (Å²) >= 11 is 6.45. The zero-order valence-corrected chi connectivity index (χ0v) is 14.1. The van der Waals surface area contributed by atoms with Gasteiger partial charge in [-0.05, 0) is 32.0 Å². The molecule has 0 amide bonds. The summed E-state index contributed by atoms with van der Waals surface area (Å²) in [5.41, 5.74) is 2.57. The topological polar surface area (TPSA) is 38.7 Å². The first kappa shape index (κ1) is 16.1. The van der Waals surface area contributed by atoms with Crippen molar-refractivity contribution in [2.24, 2.45) is 5.41 Å². The van der Waals surface area contributed by atoms with Crippen LogP contribution >= 0.6 is 11.6 Å². The van der Waals surface area contributed by atoms with E-state index < -0.39 is 0 Å². The van der Waals surface area contributed by atoms with Crippen LogP contribution in [-0.2, 0) is 6.54 Å². The SMILES string of the molecule is CN1CCN(c2cccc(Cl)c2CNCC2(CO)CC2)CC1. The summed E-state index contributed by atoms with van der Waals surface area (Å²) in [4.78, 5) is 4.79. The van der Waals surface area contributed by atoms with Gasteiger partial charge in [0.15, 0.2) is 0 Å². The lowest BCUT2D eigenvalue weighted by Gasteiger charge is -2.35. The van der Waals surface area contributed by atoms with Crippen LogP contribution in [0.15, 0.2) is 18.2 Å². The number of benzene rings is 1. The molecule has 1 aromatic carbocycles. The highest BCUT2D eigenvalue weighted by Gasteiger charge is 2.41. The van der Waals surface area contributed by atoms with Crippen LogP contribution in [-0.4, -0.2) is 56.4 Å². The molecule has 0 unspecified atom stereocenters. The van der Waals surface area contributed by atoms with Crippen LogP contribution in [0.3, 0.4) is 0 Å². The maximum atomic E-state index is 9.41. The van der Waals surface area contributed by atoms with Crippen molar-refractivity contribution in [2.45, 2.75) is 19.4 Å². The molecule has 0 radical (unpaired) electrons. The Labute approximate surface area is 138 Å². The fourth-order valence-corrected chi connectivity index (χ4v) is 3.32. The largest absolute Gasteiger partial charge is 0.396 e. The zero-order chi connectivity index (χ0) is 15.6. The van der Waals surface area contributed by atoms with Crippen molar-refractivity contribution in [2.75, 3.05) is 51.3 Å². The van der Waals surface area contributed by atoms with E-state index in [2.05, 4.69) is 28.2 Å². The monoisotopic (exact) mass is 323 g/mol. The lowest BCUT2D eigenvalue weighted by Crippen LogP contribution is -2.45. The molecule has 5 heteroatoms. The lowest BCUT2D eigenvalue weighted by atomic mass is 10.1. The number of nitrogens with zero attached hydrogens (tertiary/aromatic N) is 2. The highest BCUT2D eigenvalue weighted by atomic mass is 35.5. The Kier molecular flexibility index (Phi) is 4.93. The number of halogens is 1. The molecule has 1 aliphatic carbocycles. The van der Waals surface area contributed by atoms with Crippen molar-refractivity contribution in [1.29, 1.82) is 0 Å². The summed E-state index contributed by atoms with van der Waals surface area (Å²) in [5.74, 6) is 0. The normalized spacial score (nSPS) is 21.1. The molecule has 2 aliphatic rings. The fraction of sp³-hybridized carbons (Fsp3) is 0.647. The number of rotatable bonds is 6. The fourth-order valence-electron chi connectivity index (χ4n) is 3.09. The van der Waals surface area contributed by atoms with Gasteiger partial charge in [0.05, 0.1) is 0 Å². The molecule has 1 aliphatic heterocycles. The molecule has 1 saturated heterocycles. The van der Waals surface area contributed by atoms with E-state index in [0.29, 0.717) is 0 Å². The predicted molar refractivity (Wildman–Crippen MR) is 91.6 cm³/mol. The Balaban J connectivity index is 1.67. The molecule has 4 nitrogen and oxygen atoms in total. The first-order valence-electron chi connectivity index (χ1n) is 8.16. The van der Waals surface area contributed by atoms with Gasteiger partial charge >= 0.3 is 0 Å². The summed E-state index contributed by atoms with van der Waals surface area (Å²) in [6.45, 7) is 6.20. The molecule has 0 bridgehead atoms. The highest BCUT2D eigenvalue weighted by Crippen LogP contribution is 2.44. The zero-order valence-electron chi connectivity index (χ0n) is 13.3. The number of likely N-dealkylation sites (N-methyl/N-ethyl adjacent to an activating group) is 1. The first-order valence-corrected chi connectivity index (χ1v) is 8.54. The molecule has 122 valence electrons. The maximum absolute atomic E-state index is 9.41. The van der Waals surface area contributed by atoms with Crippen molar-refractivity contribution in [3.05, 3.63) is 28.8 Å². The minimum absolute atomic E-state index is 0.134. The van der Waals surface area contributed by atoms with E-state index in [0.717, 1.165) is 57.1 Å². The van der Waals surface area contributed by atoms with E-state index in [9.17, 15) is 5.11 Å². The molecule has 0 aromatic heterocycles. The summed E-state index contributed by atoms with van der Waals surface area (Å²) in [5, 5.41) is 13.7. The van der Waals surface area contributed by atoms with Crippen LogP contribution in [0.1, 0.15) is 18.4 Å². The molecule has 2 fully saturated rings. The van der Waals surface area contributed by atoms with E-state index in [1.807, 2.05) is 12.1 Å². The third kappa shape index (κ3) is 3.57. The predicted octanol–water partition coefficient (Wildman–Crippen LogP) is 1.95. The maximum Gasteiger partial charge on any atom is 0.0499 e. The van der Waals surface area contributed by atoms with Crippen LogP contribution in [0, 0.1) is 5.41 Å². The second-order valence-electron chi connectivity index (χ2n) is 6.79. The standard InChI is InChI=1S/C17H26ClN3O/c1-20-7-9-21(10-8-20)16-4-2-3-15(18)14(16)11-19-12-17(13-22)5-6-17/h2-4,19,22H,5-13H2,1H3. The number of anilines is 1. The molecule has 1 heterocycles. The van der Waals surface area contributed by atoms with E-state index in [1.165, 1.54) is 11.3 Å². The first-order chi connectivity index (χ1) is 10.6. The molecule has 2 N–H and O–H groups in total. The van der Waals surface area contributed by atoms with E-state index in [4.69, 9.17) is 11.6 Å². The molecule has 0 atom stereocenters. The number of hydrogen-bond acceptors (Lipinski definition) is 4. The van der Waals surface area contributed by atoms with E-state index >= 15 is 0 Å². The molecular formula is C17H26ClN3O. The van der Waals surface area contributed by atoms with Crippen molar-refractivity contribution in [3.8, 4) is 0 Å². The number of aliphatic hydroxyl groups is 1. The number of piperazine rings is 1. The van der Waals surface area contributed by atoms with E-state index in [1.54, 1.807) is 0 Å². The van der Waals surface area contributed by atoms with Crippen LogP contribution in [0.2, 0.25) is 5.02 Å². The molecule has 1 aromatic rings. The summed E-state index contributed by atoms with van der Waals surface area (Å²) in [7, 11) is 2.17.